The van der Waals surface area contributed by atoms with Crippen molar-refractivity contribution >= 4 is 17.2 Å². The van der Waals surface area contributed by atoms with Crippen molar-refractivity contribution in [1.29, 1.82) is 0 Å². The molecule has 4 rings (SSSR count). The molecule has 0 spiro atoms. The molecule has 2 aromatic heterocycles. The topological polar surface area (TPSA) is 76.9 Å². The predicted molar refractivity (Wildman–Crippen MR) is 114 cm³/mol. The molecule has 1 saturated carbocycles. The van der Waals surface area contributed by atoms with Crippen molar-refractivity contribution in [3.8, 4) is 10.6 Å². The summed E-state index contributed by atoms with van der Waals surface area (Å²) in [6, 6.07) is 6.48. The third kappa shape index (κ3) is 3.56. The largest absolute Gasteiger partial charge is 0.350 e. The van der Waals surface area contributed by atoms with E-state index < -0.39 is 0 Å². The van der Waals surface area contributed by atoms with Crippen LogP contribution in [-0.2, 0) is 12.5 Å². The summed E-state index contributed by atoms with van der Waals surface area (Å²) < 4.78 is 14.5. The first-order valence-corrected chi connectivity index (χ1v) is 10.6. The van der Waals surface area contributed by atoms with Gasteiger partial charge < -0.3 is 5.32 Å². The maximum Gasteiger partial charge on any atom is 0.277 e. The van der Waals surface area contributed by atoms with Crippen LogP contribution in [0, 0.1) is 26.6 Å². The van der Waals surface area contributed by atoms with E-state index in [1.165, 1.54) is 28.2 Å². The van der Waals surface area contributed by atoms with Crippen molar-refractivity contribution in [2.45, 2.75) is 39.0 Å². The summed E-state index contributed by atoms with van der Waals surface area (Å²) in [5, 5.41) is 7.74. The standard InChI is InChI=1S/C22H23FN4O2S/c1-12-13(2)26-27(4)21(29)17(12)20-25-14(3)18(30-20)19(28)24-11-22(9-10-22)15-5-7-16(23)8-6-15/h5-8H,9-11H2,1-4H3,(H,24,28). The van der Waals surface area contributed by atoms with E-state index in [1.807, 2.05) is 13.8 Å². The molecule has 0 saturated heterocycles. The first-order chi connectivity index (χ1) is 14.2. The van der Waals surface area contributed by atoms with Crippen LogP contribution in [0.25, 0.3) is 10.6 Å². The number of amides is 1. The van der Waals surface area contributed by atoms with E-state index in [9.17, 15) is 14.0 Å². The van der Waals surface area contributed by atoms with Crippen LogP contribution < -0.4 is 10.9 Å². The van der Waals surface area contributed by atoms with Crippen LogP contribution in [0.2, 0.25) is 0 Å². The summed E-state index contributed by atoms with van der Waals surface area (Å²) in [7, 11) is 1.61. The summed E-state index contributed by atoms with van der Waals surface area (Å²) in [6.45, 7) is 5.95. The number of aromatic nitrogens is 3. The zero-order valence-electron chi connectivity index (χ0n) is 17.4. The van der Waals surface area contributed by atoms with Gasteiger partial charge in [0, 0.05) is 19.0 Å². The molecule has 1 aliphatic rings. The molecular weight excluding hydrogens is 403 g/mol. The van der Waals surface area contributed by atoms with Crippen molar-refractivity contribution in [2.75, 3.05) is 6.54 Å². The highest BCUT2D eigenvalue weighted by molar-refractivity contribution is 7.17. The quantitative estimate of drug-likeness (QED) is 0.678. The minimum atomic E-state index is -0.265. The third-order valence-electron chi connectivity index (χ3n) is 5.84. The number of nitrogens with zero attached hydrogens (tertiary/aromatic N) is 3. The minimum Gasteiger partial charge on any atom is -0.350 e. The van der Waals surface area contributed by atoms with Gasteiger partial charge in [-0.2, -0.15) is 5.10 Å². The Kier molecular flexibility index (Phi) is 5.05. The average Bonchev–Trinajstić information content (AvgIpc) is 3.41. The zero-order chi connectivity index (χ0) is 21.6. The third-order valence-corrected chi connectivity index (χ3v) is 7.01. The molecule has 1 aliphatic carbocycles. The maximum absolute atomic E-state index is 13.2. The highest BCUT2D eigenvalue weighted by Crippen LogP contribution is 2.47. The Bertz CT molecular complexity index is 1190. The van der Waals surface area contributed by atoms with Crippen LogP contribution >= 0.6 is 11.3 Å². The van der Waals surface area contributed by atoms with Crippen LogP contribution in [-0.4, -0.2) is 27.2 Å². The molecule has 3 aromatic rings. The number of benzene rings is 1. The highest BCUT2D eigenvalue weighted by Gasteiger charge is 2.44. The number of hydrogen-bond donors (Lipinski definition) is 1. The number of aryl methyl sites for hydroxylation is 3. The van der Waals surface area contributed by atoms with E-state index in [2.05, 4.69) is 15.4 Å². The zero-order valence-corrected chi connectivity index (χ0v) is 18.2. The number of hydrogen-bond acceptors (Lipinski definition) is 5. The van der Waals surface area contributed by atoms with Crippen LogP contribution in [0.4, 0.5) is 4.39 Å². The molecule has 1 aromatic carbocycles. The van der Waals surface area contributed by atoms with Crippen molar-refractivity contribution in [3.63, 3.8) is 0 Å². The van der Waals surface area contributed by atoms with Gasteiger partial charge in [-0.05, 0) is 56.9 Å². The number of nitrogens with one attached hydrogen (secondary N) is 1. The summed E-state index contributed by atoms with van der Waals surface area (Å²) in [4.78, 5) is 30.5. The molecule has 1 fully saturated rings. The van der Waals surface area contributed by atoms with Gasteiger partial charge in [0.15, 0.2) is 0 Å². The van der Waals surface area contributed by atoms with Gasteiger partial charge in [0.2, 0.25) is 0 Å². The van der Waals surface area contributed by atoms with E-state index in [0.717, 1.165) is 29.7 Å². The van der Waals surface area contributed by atoms with Crippen molar-refractivity contribution in [1.82, 2.24) is 20.1 Å². The van der Waals surface area contributed by atoms with Gasteiger partial charge in [-0.25, -0.2) is 14.1 Å². The lowest BCUT2D eigenvalue weighted by Gasteiger charge is -2.16. The Morgan fingerprint density at radius 3 is 2.50 bits per heavy atom. The van der Waals surface area contributed by atoms with E-state index in [1.54, 1.807) is 26.1 Å². The molecule has 6 nitrogen and oxygen atoms in total. The molecule has 0 radical (unpaired) electrons. The smallest absolute Gasteiger partial charge is 0.277 e. The first kappa shape index (κ1) is 20.4. The fraction of sp³-hybridized carbons (Fsp3) is 0.364. The van der Waals surface area contributed by atoms with Crippen LogP contribution in [0.1, 0.15) is 45.0 Å². The van der Waals surface area contributed by atoms with E-state index in [4.69, 9.17) is 0 Å². The normalized spacial score (nSPS) is 14.6. The van der Waals surface area contributed by atoms with Gasteiger partial charge in [0.25, 0.3) is 11.5 Å². The second-order valence-corrected chi connectivity index (χ2v) is 8.92. The molecular formula is C22H23FN4O2S. The van der Waals surface area contributed by atoms with Gasteiger partial charge in [-0.15, -0.1) is 11.3 Å². The second kappa shape index (κ2) is 7.43. The molecule has 1 N–H and O–H groups in total. The van der Waals surface area contributed by atoms with Gasteiger partial charge >= 0.3 is 0 Å². The number of thiazole rings is 1. The monoisotopic (exact) mass is 426 g/mol. The lowest BCUT2D eigenvalue weighted by molar-refractivity contribution is 0.0953. The molecule has 1 amide bonds. The van der Waals surface area contributed by atoms with Gasteiger partial charge in [0.05, 0.1) is 17.0 Å². The summed E-state index contributed by atoms with van der Waals surface area (Å²) >= 11 is 1.22. The fourth-order valence-electron chi connectivity index (χ4n) is 3.67. The number of carbonyl (C=O) groups excluding carboxylic acids is 1. The molecule has 0 atom stereocenters. The molecule has 2 heterocycles. The van der Waals surface area contributed by atoms with Crippen molar-refractivity contribution in [2.24, 2.45) is 7.05 Å². The molecule has 0 unspecified atom stereocenters. The first-order valence-electron chi connectivity index (χ1n) is 9.78. The summed E-state index contributed by atoms with van der Waals surface area (Å²) in [5.74, 6) is -0.468. The maximum atomic E-state index is 13.2. The van der Waals surface area contributed by atoms with E-state index in [0.29, 0.717) is 27.7 Å². The molecule has 0 bridgehead atoms. The molecule has 0 aliphatic heterocycles. The highest BCUT2D eigenvalue weighted by atomic mass is 32.1. The SMILES string of the molecule is Cc1nc(-c2c(C)c(C)nn(C)c2=O)sc1C(=O)NCC1(c2ccc(F)cc2)CC1. The predicted octanol–water partition coefficient (Wildman–Crippen LogP) is 3.43. The van der Waals surface area contributed by atoms with Crippen LogP contribution in [0.3, 0.4) is 0 Å². The molecule has 156 valence electrons. The Balaban J connectivity index is 1.57. The fourth-order valence-corrected chi connectivity index (χ4v) is 4.74. The summed E-state index contributed by atoms with van der Waals surface area (Å²) in [6.07, 6.45) is 1.91. The Labute approximate surface area is 177 Å². The van der Waals surface area contributed by atoms with E-state index in [-0.39, 0.29) is 22.7 Å². The minimum absolute atomic E-state index is 0.125. The van der Waals surface area contributed by atoms with E-state index >= 15 is 0 Å². The number of rotatable bonds is 5. The van der Waals surface area contributed by atoms with Gasteiger partial charge in [0.1, 0.15) is 15.7 Å². The lowest BCUT2D eigenvalue weighted by atomic mass is 9.96. The number of halogens is 1. The summed E-state index contributed by atoms with van der Waals surface area (Å²) in [5.41, 5.74) is 3.29. The molecule has 30 heavy (non-hydrogen) atoms. The Morgan fingerprint density at radius 1 is 1.20 bits per heavy atom. The Morgan fingerprint density at radius 2 is 1.87 bits per heavy atom. The van der Waals surface area contributed by atoms with Crippen LogP contribution in [0.5, 0.6) is 0 Å². The van der Waals surface area contributed by atoms with Crippen molar-refractivity contribution in [3.05, 3.63) is 67.8 Å². The van der Waals surface area contributed by atoms with Crippen molar-refractivity contribution < 1.29 is 9.18 Å². The van der Waals surface area contributed by atoms with Gasteiger partial charge in [-0.1, -0.05) is 12.1 Å². The number of carbonyl (C=O) groups is 1. The van der Waals surface area contributed by atoms with Gasteiger partial charge in [-0.3, -0.25) is 9.59 Å². The lowest BCUT2D eigenvalue weighted by Crippen LogP contribution is -2.32. The Hall–Kier alpha value is -2.87. The average molecular weight is 427 g/mol. The molecule has 8 heteroatoms. The van der Waals surface area contributed by atoms with Crippen LogP contribution in [0.15, 0.2) is 29.1 Å². The second-order valence-electron chi connectivity index (χ2n) is 7.92.